The summed E-state index contributed by atoms with van der Waals surface area (Å²) >= 11 is 6.11. The Bertz CT molecular complexity index is 545. The van der Waals surface area contributed by atoms with Gasteiger partial charge in [-0.1, -0.05) is 30.7 Å². The third-order valence-electron chi connectivity index (χ3n) is 3.12. The highest BCUT2D eigenvalue weighted by Crippen LogP contribution is 2.23. The number of hydrogen-bond acceptors (Lipinski definition) is 2. The predicted molar refractivity (Wildman–Crippen MR) is 80.4 cm³/mol. The van der Waals surface area contributed by atoms with Crippen molar-refractivity contribution in [2.45, 2.75) is 25.8 Å². The molecule has 2 rings (SSSR count). The summed E-state index contributed by atoms with van der Waals surface area (Å²) in [6.45, 7) is 3.02. The van der Waals surface area contributed by atoms with Gasteiger partial charge in [-0.15, -0.1) is 0 Å². The zero-order valence-corrected chi connectivity index (χ0v) is 12.2. The van der Waals surface area contributed by atoms with E-state index in [2.05, 4.69) is 17.2 Å². The zero-order chi connectivity index (χ0) is 14.4. The van der Waals surface area contributed by atoms with Gasteiger partial charge in [-0.2, -0.15) is 0 Å². The molecule has 4 heteroatoms. The van der Waals surface area contributed by atoms with Crippen molar-refractivity contribution >= 4 is 11.6 Å². The quantitative estimate of drug-likeness (QED) is 0.865. The van der Waals surface area contributed by atoms with E-state index in [1.54, 1.807) is 12.3 Å². The minimum Gasteiger partial charge on any atom is -0.308 e. The van der Waals surface area contributed by atoms with Crippen molar-refractivity contribution in [3.05, 3.63) is 64.7 Å². The van der Waals surface area contributed by atoms with Gasteiger partial charge in [-0.25, -0.2) is 4.39 Å². The van der Waals surface area contributed by atoms with Crippen LogP contribution >= 0.6 is 11.6 Å². The Labute approximate surface area is 124 Å². The molecule has 0 aliphatic rings. The molecular weight excluding hydrogens is 275 g/mol. The number of pyridine rings is 1. The van der Waals surface area contributed by atoms with Crippen LogP contribution in [0.3, 0.4) is 0 Å². The Balaban J connectivity index is 2.19. The predicted octanol–water partition coefficient (Wildman–Crippen LogP) is 4.16. The first-order valence-corrected chi connectivity index (χ1v) is 7.16. The molecule has 0 bridgehead atoms. The van der Waals surface area contributed by atoms with E-state index in [1.807, 2.05) is 18.2 Å². The van der Waals surface area contributed by atoms with Gasteiger partial charge in [0.25, 0.3) is 0 Å². The summed E-state index contributed by atoms with van der Waals surface area (Å²) in [6.07, 6.45) is 3.51. The van der Waals surface area contributed by atoms with Gasteiger partial charge in [0.2, 0.25) is 0 Å². The summed E-state index contributed by atoms with van der Waals surface area (Å²) in [5.41, 5.74) is 1.90. The van der Waals surface area contributed by atoms with Crippen molar-refractivity contribution in [3.63, 3.8) is 0 Å². The number of aromatic nitrogens is 1. The van der Waals surface area contributed by atoms with Crippen LogP contribution in [0.4, 0.5) is 4.39 Å². The Morgan fingerprint density at radius 3 is 2.80 bits per heavy atom. The van der Waals surface area contributed by atoms with Crippen molar-refractivity contribution in [1.29, 1.82) is 0 Å². The van der Waals surface area contributed by atoms with E-state index in [-0.39, 0.29) is 11.9 Å². The topological polar surface area (TPSA) is 24.9 Å². The highest BCUT2D eigenvalue weighted by Gasteiger charge is 2.14. The van der Waals surface area contributed by atoms with Crippen molar-refractivity contribution < 1.29 is 4.39 Å². The second-order valence-electron chi connectivity index (χ2n) is 4.70. The van der Waals surface area contributed by atoms with Crippen LogP contribution in [0, 0.1) is 5.82 Å². The van der Waals surface area contributed by atoms with E-state index in [0.717, 1.165) is 24.2 Å². The molecule has 0 fully saturated rings. The lowest BCUT2D eigenvalue weighted by molar-refractivity contribution is 0.517. The van der Waals surface area contributed by atoms with Crippen LogP contribution in [0.5, 0.6) is 0 Å². The van der Waals surface area contributed by atoms with E-state index in [9.17, 15) is 4.39 Å². The van der Waals surface area contributed by atoms with Crippen molar-refractivity contribution in [2.24, 2.45) is 0 Å². The Hall–Kier alpha value is -1.45. The molecule has 1 aromatic heterocycles. The maximum atomic E-state index is 13.1. The smallest absolute Gasteiger partial charge is 0.124 e. The summed E-state index contributed by atoms with van der Waals surface area (Å²) in [6, 6.07) is 10.5. The molecule has 1 heterocycles. The normalized spacial score (nSPS) is 12.3. The molecule has 0 radical (unpaired) electrons. The highest BCUT2D eigenvalue weighted by atomic mass is 35.5. The van der Waals surface area contributed by atoms with Gasteiger partial charge in [-0.3, -0.25) is 4.98 Å². The molecule has 0 aliphatic heterocycles. The van der Waals surface area contributed by atoms with Crippen molar-refractivity contribution in [3.8, 4) is 0 Å². The molecule has 1 N–H and O–H groups in total. The Kier molecular flexibility index (Phi) is 5.50. The molecule has 0 amide bonds. The first-order valence-electron chi connectivity index (χ1n) is 6.79. The van der Waals surface area contributed by atoms with Gasteiger partial charge in [0, 0.05) is 11.2 Å². The molecule has 106 valence electrons. The summed E-state index contributed by atoms with van der Waals surface area (Å²) in [4.78, 5) is 4.40. The number of nitrogens with zero attached hydrogens (tertiary/aromatic N) is 1. The van der Waals surface area contributed by atoms with Crippen LogP contribution in [0.25, 0.3) is 0 Å². The van der Waals surface area contributed by atoms with Gasteiger partial charge >= 0.3 is 0 Å². The van der Waals surface area contributed by atoms with Gasteiger partial charge in [0.1, 0.15) is 5.82 Å². The largest absolute Gasteiger partial charge is 0.308 e. The first-order chi connectivity index (χ1) is 9.70. The minimum absolute atomic E-state index is 0.0825. The standard InChI is InChI=1S/C16H18ClFN2/c1-2-8-19-16(15-5-3-4-9-20-15)10-12-6-7-13(18)11-14(12)17/h3-7,9,11,16,19H,2,8,10H2,1H3. The zero-order valence-electron chi connectivity index (χ0n) is 11.4. The SMILES string of the molecule is CCCNC(Cc1ccc(F)cc1Cl)c1ccccn1. The van der Waals surface area contributed by atoms with Gasteiger partial charge < -0.3 is 5.32 Å². The number of benzene rings is 1. The number of nitrogens with one attached hydrogen (secondary N) is 1. The fraction of sp³-hybridized carbons (Fsp3) is 0.312. The average molecular weight is 293 g/mol. The summed E-state index contributed by atoms with van der Waals surface area (Å²) < 4.78 is 13.1. The van der Waals surface area contributed by atoms with Crippen LogP contribution in [0.2, 0.25) is 5.02 Å². The lowest BCUT2D eigenvalue weighted by Gasteiger charge is -2.18. The molecule has 0 spiro atoms. The lowest BCUT2D eigenvalue weighted by Crippen LogP contribution is -2.25. The van der Waals surface area contributed by atoms with Crippen molar-refractivity contribution in [2.75, 3.05) is 6.54 Å². The maximum Gasteiger partial charge on any atom is 0.124 e. The molecule has 2 nitrogen and oxygen atoms in total. The second-order valence-corrected chi connectivity index (χ2v) is 5.11. The lowest BCUT2D eigenvalue weighted by atomic mass is 10.0. The summed E-state index contributed by atoms with van der Waals surface area (Å²) in [7, 11) is 0. The molecule has 1 unspecified atom stereocenters. The molecular formula is C16H18ClFN2. The van der Waals surface area contributed by atoms with E-state index < -0.39 is 0 Å². The average Bonchev–Trinajstić information content (AvgIpc) is 2.46. The molecule has 0 saturated heterocycles. The number of hydrogen-bond donors (Lipinski definition) is 1. The number of rotatable bonds is 6. The molecule has 1 atom stereocenters. The Morgan fingerprint density at radius 1 is 1.30 bits per heavy atom. The van der Waals surface area contributed by atoms with Crippen molar-refractivity contribution in [1.82, 2.24) is 10.3 Å². The van der Waals surface area contributed by atoms with Crippen LogP contribution in [0.15, 0.2) is 42.6 Å². The number of halogens is 2. The summed E-state index contributed by atoms with van der Waals surface area (Å²) in [5.74, 6) is -0.311. The van der Waals surface area contributed by atoms with Gasteiger partial charge in [-0.05, 0) is 49.2 Å². The minimum atomic E-state index is -0.311. The van der Waals surface area contributed by atoms with E-state index in [0.29, 0.717) is 11.4 Å². The monoisotopic (exact) mass is 292 g/mol. The van der Waals surface area contributed by atoms with E-state index in [1.165, 1.54) is 12.1 Å². The van der Waals surface area contributed by atoms with E-state index >= 15 is 0 Å². The first kappa shape index (κ1) is 14.9. The molecule has 0 saturated carbocycles. The third-order valence-corrected chi connectivity index (χ3v) is 3.48. The molecule has 2 aromatic rings. The fourth-order valence-corrected chi connectivity index (χ4v) is 2.33. The van der Waals surface area contributed by atoms with Crippen LogP contribution in [-0.2, 0) is 6.42 Å². The van der Waals surface area contributed by atoms with Crippen LogP contribution in [0.1, 0.15) is 30.6 Å². The van der Waals surface area contributed by atoms with Crippen LogP contribution < -0.4 is 5.32 Å². The van der Waals surface area contributed by atoms with Gasteiger partial charge in [0.05, 0.1) is 11.7 Å². The summed E-state index contributed by atoms with van der Waals surface area (Å²) in [5, 5.41) is 3.92. The Morgan fingerprint density at radius 2 is 2.15 bits per heavy atom. The maximum absolute atomic E-state index is 13.1. The molecule has 20 heavy (non-hydrogen) atoms. The highest BCUT2D eigenvalue weighted by molar-refractivity contribution is 6.31. The fourth-order valence-electron chi connectivity index (χ4n) is 2.09. The third kappa shape index (κ3) is 4.02. The molecule has 1 aromatic carbocycles. The molecule has 0 aliphatic carbocycles. The van der Waals surface area contributed by atoms with Gasteiger partial charge in [0.15, 0.2) is 0 Å². The van der Waals surface area contributed by atoms with E-state index in [4.69, 9.17) is 11.6 Å². The second kappa shape index (κ2) is 7.36. The van der Waals surface area contributed by atoms with Crippen LogP contribution in [-0.4, -0.2) is 11.5 Å².